The molecule has 1 aliphatic heterocycles. The standard InChI is InChI=1S/C23H33BO3Si/c1-22(2)23(3,4)27-24(26-22)21(17-18-13-15-19(25-5)16-14-18)28(6,7)20-11-9-8-10-12-20/h8-16,21H,17H2,1-7H3. The predicted octanol–water partition coefficient (Wildman–Crippen LogP) is 4.85. The summed E-state index contributed by atoms with van der Waals surface area (Å²) in [5.74, 6) is 0.885. The summed E-state index contributed by atoms with van der Waals surface area (Å²) in [5.41, 5.74) is 0.940. The summed E-state index contributed by atoms with van der Waals surface area (Å²) in [7, 11) is -0.397. The van der Waals surface area contributed by atoms with E-state index in [0.717, 1.165) is 12.2 Å². The van der Waals surface area contributed by atoms with Gasteiger partial charge in [0.05, 0.1) is 26.4 Å². The van der Waals surface area contributed by atoms with Crippen molar-refractivity contribution in [2.24, 2.45) is 0 Å². The van der Waals surface area contributed by atoms with Crippen molar-refractivity contribution in [3.8, 4) is 5.75 Å². The fourth-order valence-corrected chi connectivity index (χ4v) is 6.88. The molecule has 28 heavy (non-hydrogen) atoms. The third kappa shape index (κ3) is 4.07. The van der Waals surface area contributed by atoms with E-state index < -0.39 is 8.07 Å². The Morgan fingerprint density at radius 1 is 0.893 bits per heavy atom. The zero-order valence-electron chi connectivity index (χ0n) is 18.3. The molecule has 0 aliphatic carbocycles. The maximum Gasteiger partial charge on any atom is 0.458 e. The van der Waals surface area contributed by atoms with Crippen molar-refractivity contribution in [2.45, 2.75) is 63.9 Å². The summed E-state index contributed by atoms with van der Waals surface area (Å²) in [4.78, 5) is 0. The molecule has 1 fully saturated rings. The van der Waals surface area contributed by atoms with Gasteiger partial charge in [-0.05, 0) is 57.3 Å². The molecule has 1 saturated heterocycles. The molecule has 0 N–H and O–H groups in total. The second-order valence-corrected chi connectivity index (χ2v) is 14.1. The van der Waals surface area contributed by atoms with Crippen molar-refractivity contribution in [3.05, 3.63) is 60.2 Å². The van der Waals surface area contributed by atoms with Crippen molar-refractivity contribution in [1.29, 1.82) is 0 Å². The molecule has 0 aromatic heterocycles. The van der Waals surface area contributed by atoms with E-state index in [1.54, 1.807) is 7.11 Å². The summed E-state index contributed by atoms with van der Waals surface area (Å²) < 4.78 is 18.4. The van der Waals surface area contributed by atoms with Crippen LogP contribution in [-0.2, 0) is 15.7 Å². The van der Waals surface area contributed by atoms with Gasteiger partial charge in [0.2, 0.25) is 0 Å². The highest BCUT2D eigenvalue weighted by Crippen LogP contribution is 2.43. The van der Waals surface area contributed by atoms with Crippen LogP contribution in [-0.4, -0.2) is 33.5 Å². The Kier molecular flexibility index (Phi) is 5.81. The van der Waals surface area contributed by atoms with Crippen molar-refractivity contribution in [1.82, 2.24) is 0 Å². The summed E-state index contributed by atoms with van der Waals surface area (Å²) >= 11 is 0. The fourth-order valence-electron chi connectivity index (χ4n) is 3.84. The Morgan fingerprint density at radius 3 is 1.93 bits per heavy atom. The van der Waals surface area contributed by atoms with E-state index in [1.165, 1.54) is 10.8 Å². The summed E-state index contributed by atoms with van der Waals surface area (Å²) in [6.07, 6.45) is 0.926. The quantitative estimate of drug-likeness (QED) is 0.653. The van der Waals surface area contributed by atoms with Crippen molar-refractivity contribution >= 4 is 20.4 Å². The monoisotopic (exact) mass is 396 g/mol. The molecule has 0 radical (unpaired) electrons. The first kappa shape index (κ1) is 21.2. The van der Waals surface area contributed by atoms with Gasteiger partial charge in [-0.25, -0.2) is 0 Å². The maximum absolute atomic E-state index is 6.54. The molecule has 3 rings (SSSR count). The minimum atomic E-state index is -1.88. The molecule has 1 heterocycles. The molecule has 5 heteroatoms. The lowest BCUT2D eigenvalue weighted by Crippen LogP contribution is -2.53. The van der Waals surface area contributed by atoms with E-state index in [-0.39, 0.29) is 18.3 Å². The van der Waals surface area contributed by atoms with Gasteiger partial charge in [-0.15, -0.1) is 0 Å². The van der Waals surface area contributed by atoms with E-state index in [1.807, 2.05) is 12.1 Å². The highest BCUT2D eigenvalue weighted by atomic mass is 28.3. The first-order chi connectivity index (χ1) is 13.1. The topological polar surface area (TPSA) is 27.7 Å². The fraction of sp³-hybridized carbons (Fsp3) is 0.478. The average molecular weight is 396 g/mol. The summed E-state index contributed by atoms with van der Waals surface area (Å²) in [6.45, 7) is 13.4. The molecule has 2 aromatic carbocycles. The van der Waals surface area contributed by atoms with Crippen LogP contribution in [0.2, 0.25) is 18.5 Å². The number of hydrogen-bond acceptors (Lipinski definition) is 3. The molecule has 0 bridgehead atoms. The third-order valence-electron chi connectivity index (χ3n) is 6.66. The molecule has 1 aliphatic rings. The smallest absolute Gasteiger partial charge is 0.458 e. The molecule has 0 saturated carbocycles. The summed E-state index contributed by atoms with van der Waals surface area (Å²) in [5, 5.41) is 1.43. The lowest BCUT2D eigenvalue weighted by Gasteiger charge is -2.34. The Morgan fingerprint density at radius 2 is 1.43 bits per heavy atom. The molecular formula is C23H33BO3Si. The van der Waals surface area contributed by atoms with Crippen LogP contribution >= 0.6 is 0 Å². The Hall–Kier alpha value is -1.56. The Bertz CT molecular complexity index is 771. The lowest BCUT2D eigenvalue weighted by molar-refractivity contribution is 0.00578. The van der Waals surface area contributed by atoms with Crippen molar-refractivity contribution in [3.63, 3.8) is 0 Å². The van der Waals surface area contributed by atoms with Crippen LogP contribution in [0, 0.1) is 0 Å². The van der Waals surface area contributed by atoms with Gasteiger partial charge in [0.25, 0.3) is 0 Å². The lowest BCUT2D eigenvalue weighted by atomic mass is 9.80. The van der Waals surface area contributed by atoms with Crippen molar-refractivity contribution in [2.75, 3.05) is 7.11 Å². The van der Waals surface area contributed by atoms with Crippen molar-refractivity contribution < 1.29 is 14.0 Å². The number of ether oxygens (including phenoxy) is 1. The third-order valence-corrected chi connectivity index (χ3v) is 10.8. The van der Waals surface area contributed by atoms with Crippen LogP contribution < -0.4 is 9.92 Å². The number of rotatable bonds is 6. The molecule has 150 valence electrons. The maximum atomic E-state index is 6.54. The molecule has 0 amide bonds. The van der Waals surface area contributed by atoms with E-state index in [0.29, 0.717) is 5.44 Å². The molecule has 1 unspecified atom stereocenters. The Labute approximate surface area is 171 Å². The van der Waals surface area contributed by atoms with Crippen LogP contribution in [0.5, 0.6) is 5.75 Å². The zero-order valence-corrected chi connectivity index (χ0v) is 19.3. The van der Waals surface area contributed by atoms with Crippen LogP contribution in [0.15, 0.2) is 54.6 Å². The molecule has 0 spiro atoms. The SMILES string of the molecule is COc1ccc(CC(B2OC(C)(C)C(C)(C)O2)[Si](C)(C)c2ccccc2)cc1. The van der Waals surface area contributed by atoms with Gasteiger partial charge in [0.15, 0.2) is 0 Å². The number of methoxy groups -OCH3 is 1. The molecule has 2 aromatic rings. The average Bonchev–Trinajstić information content (AvgIpc) is 2.87. The zero-order chi connectivity index (χ0) is 20.6. The second-order valence-electron chi connectivity index (χ2n) is 9.37. The van der Waals surface area contributed by atoms with Gasteiger partial charge in [-0.2, -0.15) is 0 Å². The predicted molar refractivity (Wildman–Crippen MR) is 120 cm³/mol. The van der Waals surface area contributed by atoms with Gasteiger partial charge in [-0.3, -0.25) is 0 Å². The van der Waals surface area contributed by atoms with Gasteiger partial charge in [0.1, 0.15) is 5.75 Å². The molecular weight excluding hydrogens is 363 g/mol. The molecule has 1 atom stereocenters. The largest absolute Gasteiger partial charge is 0.497 e. The van der Waals surface area contributed by atoms with E-state index in [4.69, 9.17) is 14.0 Å². The number of benzene rings is 2. The first-order valence-corrected chi connectivity index (χ1v) is 13.2. The number of hydrogen-bond donors (Lipinski definition) is 0. The van der Waals surface area contributed by atoms with E-state index >= 15 is 0 Å². The van der Waals surface area contributed by atoms with Crippen LogP contribution in [0.3, 0.4) is 0 Å². The van der Waals surface area contributed by atoms with Gasteiger partial charge < -0.3 is 14.0 Å². The normalized spacial score (nSPS) is 19.5. The highest BCUT2D eigenvalue weighted by molar-refractivity contribution is 6.97. The minimum Gasteiger partial charge on any atom is -0.497 e. The van der Waals surface area contributed by atoms with E-state index in [9.17, 15) is 0 Å². The van der Waals surface area contributed by atoms with Crippen LogP contribution in [0.4, 0.5) is 0 Å². The minimum absolute atomic E-state index is 0.214. The van der Waals surface area contributed by atoms with Crippen LogP contribution in [0.1, 0.15) is 33.3 Å². The summed E-state index contributed by atoms with van der Waals surface area (Å²) in [6, 6.07) is 19.3. The van der Waals surface area contributed by atoms with Gasteiger partial charge in [0, 0.05) is 0 Å². The Balaban J connectivity index is 1.96. The van der Waals surface area contributed by atoms with Gasteiger partial charge >= 0.3 is 7.12 Å². The molecule has 3 nitrogen and oxygen atoms in total. The highest BCUT2D eigenvalue weighted by Gasteiger charge is 2.56. The second kappa shape index (κ2) is 7.70. The van der Waals surface area contributed by atoms with E-state index in [2.05, 4.69) is 83.3 Å². The van der Waals surface area contributed by atoms with Gasteiger partial charge in [-0.1, -0.05) is 60.7 Å². The first-order valence-electron chi connectivity index (χ1n) is 10.1. The van der Waals surface area contributed by atoms with Crippen LogP contribution in [0.25, 0.3) is 0 Å².